The Kier molecular flexibility index (Phi) is 5.70. The van der Waals surface area contributed by atoms with Crippen LogP contribution in [0.15, 0.2) is 30.3 Å². The number of ether oxygens (including phenoxy) is 2. The highest BCUT2D eigenvalue weighted by molar-refractivity contribution is 5.81. The molecule has 2 aromatic rings. The molecule has 2 aliphatic heterocycles. The fourth-order valence-corrected chi connectivity index (χ4v) is 4.20. The fraction of sp³-hybridized carbons (Fsp3) is 0.619. The number of nitrogens with zero attached hydrogens (tertiary/aromatic N) is 1. The molecule has 0 spiro atoms. The van der Waals surface area contributed by atoms with E-state index in [0.717, 1.165) is 45.7 Å². The van der Waals surface area contributed by atoms with Gasteiger partial charge < -0.3 is 19.4 Å². The molecule has 25 heavy (non-hydrogen) atoms. The zero-order valence-corrected chi connectivity index (χ0v) is 15.1. The molecule has 2 fully saturated rings. The maximum Gasteiger partial charge on any atom is 0.157 e. The Morgan fingerprint density at radius 1 is 1.16 bits per heavy atom. The van der Waals surface area contributed by atoms with Gasteiger partial charge in [-0.2, -0.15) is 0 Å². The minimum atomic E-state index is 0.0252. The van der Waals surface area contributed by atoms with Crippen molar-refractivity contribution < 1.29 is 9.47 Å². The topological polar surface area (TPSA) is 35.4 Å². The summed E-state index contributed by atoms with van der Waals surface area (Å²) in [4.78, 5) is 0. The molecule has 0 amide bonds. The highest BCUT2D eigenvalue weighted by atomic mass is 16.7. The molecule has 4 rings (SSSR count). The van der Waals surface area contributed by atoms with Gasteiger partial charge in [-0.3, -0.25) is 0 Å². The second kappa shape index (κ2) is 8.35. The zero-order valence-electron chi connectivity index (χ0n) is 15.1. The Labute approximate surface area is 150 Å². The predicted molar refractivity (Wildman–Crippen MR) is 101 cm³/mol. The Hall–Kier alpha value is -1.36. The van der Waals surface area contributed by atoms with E-state index in [9.17, 15) is 0 Å². The summed E-state index contributed by atoms with van der Waals surface area (Å²) >= 11 is 0. The SMILES string of the molecule is c1ccc2c(c1)cc(C1CCCNC1)n2CCCOC1CCCCO1. The largest absolute Gasteiger partial charge is 0.353 e. The first-order chi connectivity index (χ1) is 12.4. The van der Waals surface area contributed by atoms with Crippen LogP contribution in [0.25, 0.3) is 10.9 Å². The molecular weight excluding hydrogens is 312 g/mol. The van der Waals surface area contributed by atoms with Crippen molar-refractivity contribution in [3.05, 3.63) is 36.0 Å². The van der Waals surface area contributed by atoms with E-state index in [2.05, 4.69) is 40.2 Å². The summed E-state index contributed by atoms with van der Waals surface area (Å²) in [6.07, 6.45) is 7.07. The second-order valence-corrected chi connectivity index (χ2v) is 7.34. The third-order valence-electron chi connectivity index (χ3n) is 5.53. The van der Waals surface area contributed by atoms with Crippen LogP contribution in [0.2, 0.25) is 0 Å². The van der Waals surface area contributed by atoms with E-state index in [-0.39, 0.29) is 6.29 Å². The first-order valence-electron chi connectivity index (χ1n) is 9.94. The minimum absolute atomic E-state index is 0.0252. The lowest BCUT2D eigenvalue weighted by Crippen LogP contribution is -2.29. The van der Waals surface area contributed by atoms with Crippen LogP contribution in [0, 0.1) is 0 Å². The van der Waals surface area contributed by atoms with Crippen molar-refractivity contribution in [2.45, 2.75) is 57.3 Å². The number of aryl methyl sites for hydroxylation is 1. The average Bonchev–Trinajstić information content (AvgIpc) is 3.05. The molecule has 1 N–H and O–H groups in total. The Balaban J connectivity index is 1.43. The maximum atomic E-state index is 5.93. The van der Waals surface area contributed by atoms with Gasteiger partial charge in [-0.05, 0) is 62.6 Å². The van der Waals surface area contributed by atoms with Crippen LogP contribution in [-0.2, 0) is 16.0 Å². The number of fused-ring (bicyclic) bond motifs is 1. The van der Waals surface area contributed by atoms with Crippen molar-refractivity contribution in [1.29, 1.82) is 0 Å². The Morgan fingerprint density at radius 3 is 2.96 bits per heavy atom. The van der Waals surface area contributed by atoms with E-state index in [1.54, 1.807) is 0 Å². The summed E-state index contributed by atoms with van der Waals surface area (Å²) in [6, 6.07) is 11.2. The smallest absolute Gasteiger partial charge is 0.157 e. The number of piperidine rings is 1. The van der Waals surface area contributed by atoms with Gasteiger partial charge in [0.25, 0.3) is 0 Å². The van der Waals surface area contributed by atoms with E-state index in [4.69, 9.17) is 9.47 Å². The summed E-state index contributed by atoms with van der Waals surface area (Å²) in [7, 11) is 0. The fourth-order valence-electron chi connectivity index (χ4n) is 4.20. The van der Waals surface area contributed by atoms with E-state index < -0.39 is 0 Å². The molecule has 2 unspecified atom stereocenters. The maximum absolute atomic E-state index is 5.93. The number of hydrogen-bond acceptors (Lipinski definition) is 3. The molecule has 1 aromatic heterocycles. The summed E-state index contributed by atoms with van der Waals surface area (Å²) in [5.74, 6) is 0.628. The van der Waals surface area contributed by atoms with Crippen LogP contribution in [0.1, 0.15) is 50.1 Å². The van der Waals surface area contributed by atoms with Crippen LogP contribution in [0.5, 0.6) is 0 Å². The van der Waals surface area contributed by atoms with Crippen molar-refractivity contribution in [2.75, 3.05) is 26.3 Å². The van der Waals surface area contributed by atoms with E-state index >= 15 is 0 Å². The molecule has 2 aliphatic rings. The molecule has 0 aliphatic carbocycles. The lowest BCUT2D eigenvalue weighted by Gasteiger charge is -2.25. The third kappa shape index (κ3) is 4.08. The van der Waals surface area contributed by atoms with Crippen LogP contribution >= 0.6 is 0 Å². The van der Waals surface area contributed by atoms with E-state index in [1.165, 1.54) is 42.3 Å². The van der Waals surface area contributed by atoms with Gasteiger partial charge in [0.2, 0.25) is 0 Å². The summed E-state index contributed by atoms with van der Waals surface area (Å²) < 4.78 is 14.1. The second-order valence-electron chi connectivity index (χ2n) is 7.34. The number of aromatic nitrogens is 1. The van der Waals surface area contributed by atoms with Crippen molar-refractivity contribution in [3.63, 3.8) is 0 Å². The van der Waals surface area contributed by atoms with Gasteiger partial charge in [-0.1, -0.05) is 18.2 Å². The first-order valence-corrected chi connectivity index (χ1v) is 9.94. The van der Waals surface area contributed by atoms with E-state index in [0.29, 0.717) is 5.92 Å². The molecule has 4 nitrogen and oxygen atoms in total. The zero-order chi connectivity index (χ0) is 16.9. The monoisotopic (exact) mass is 342 g/mol. The molecule has 4 heteroatoms. The first kappa shape index (κ1) is 17.1. The quantitative estimate of drug-likeness (QED) is 0.805. The van der Waals surface area contributed by atoms with Crippen LogP contribution in [0.4, 0.5) is 0 Å². The van der Waals surface area contributed by atoms with E-state index in [1.807, 2.05) is 0 Å². The standard InChI is InChI=1S/C21H30N2O2/c1-2-9-19-17(7-1)15-20(18-8-5-11-22-16-18)23(19)12-6-14-25-21-10-3-4-13-24-21/h1-2,7,9,15,18,21-22H,3-6,8,10-14,16H2. The molecule has 2 saturated heterocycles. The number of nitrogens with one attached hydrogen (secondary N) is 1. The Morgan fingerprint density at radius 2 is 2.12 bits per heavy atom. The van der Waals surface area contributed by atoms with Gasteiger partial charge in [0.1, 0.15) is 0 Å². The van der Waals surface area contributed by atoms with Gasteiger partial charge >= 0.3 is 0 Å². The number of rotatable bonds is 6. The summed E-state index contributed by atoms with van der Waals surface area (Å²) in [6.45, 7) is 4.91. The van der Waals surface area contributed by atoms with Gasteiger partial charge in [0.15, 0.2) is 6.29 Å². The Bertz CT molecular complexity index is 670. The molecule has 0 bridgehead atoms. The van der Waals surface area contributed by atoms with Crippen molar-refractivity contribution in [2.24, 2.45) is 0 Å². The molecule has 136 valence electrons. The third-order valence-corrected chi connectivity index (χ3v) is 5.53. The number of para-hydroxylation sites is 1. The molecule has 1 aromatic carbocycles. The van der Waals surface area contributed by atoms with Gasteiger partial charge in [-0.25, -0.2) is 0 Å². The van der Waals surface area contributed by atoms with Crippen molar-refractivity contribution in [3.8, 4) is 0 Å². The minimum Gasteiger partial charge on any atom is -0.353 e. The lowest BCUT2D eigenvalue weighted by atomic mass is 9.96. The molecule has 0 saturated carbocycles. The van der Waals surface area contributed by atoms with Gasteiger partial charge in [0, 0.05) is 36.8 Å². The van der Waals surface area contributed by atoms with Crippen molar-refractivity contribution in [1.82, 2.24) is 9.88 Å². The summed E-state index contributed by atoms with van der Waals surface area (Å²) in [5.41, 5.74) is 2.85. The molecular formula is C21H30N2O2. The molecule has 0 radical (unpaired) electrons. The highest BCUT2D eigenvalue weighted by Gasteiger charge is 2.20. The molecule has 3 heterocycles. The van der Waals surface area contributed by atoms with Gasteiger partial charge in [0.05, 0.1) is 6.61 Å². The number of benzene rings is 1. The van der Waals surface area contributed by atoms with Crippen molar-refractivity contribution >= 4 is 10.9 Å². The van der Waals surface area contributed by atoms with Crippen LogP contribution < -0.4 is 5.32 Å². The molecule has 2 atom stereocenters. The van der Waals surface area contributed by atoms with Crippen LogP contribution in [0.3, 0.4) is 0 Å². The number of hydrogen-bond donors (Lipinski definition) is 1. The summed E-state index contributed by atoms with van der Waals surface area (Å²) in [5, 5.41) is 4.92. The normalized spacial score (nSPS) is 24.6. The highest BCUT2D eigenvalue weighted by Crippen LogP contribution is 2.30. The predicted octanol–water partition coefficient (Wildman–Crippen LogP) is 4.04. The average molecular weight is 342 g/mol. The van der Waals surface area contributed by atoms with Gasteiger partial charge in [-0.15, -0.1) is 0 Å². The lowest BCUT2D eigenvalue weighted by molar-refractivity contribution is -0.162. The van der Waals surface area contributed by atoms with Crippen LogP contribution in [-0.4, -0.2) is 37.2 Å².